The lowest BCUT2D eigenvalue weighted by Crippen LogP contribution is -2.12. The fraction of sp³-hybridized carbons (Fsp3) is 0.308. The van der Waals surface area contributed by atoms with Gasteiger partial charge in [0.2, 0.25) is 0 Å². The molecule has 6 nitrogen and oxygen atoms in total. The average Bonchev–Trinajstić information content (AvgIpc) is 2.99. The molecule has 0 aliphatic heterocycles. The number of aryl methyl sites for hydroxylation is 2. The number of nitrogens with one attached hydrogen (secondary N) is 1. The highest BCUT2D eigenvalue weighted by molar-refractivity contribution is 5.78. The lowest BCUT2D eigenvalue weighted by atomic mass is 10.2. The molecule has 0 aromatic carbocycles. The van der Waals surface area contributed by atoms with Crippen LogP contribution in [0.2, 0.25) is 0 Å². The third-order valence-corrected chi connectivity index (χ3v) is 3.00. The molecule has 6 heteroatoms. The van der Waals surface area contributed by atoms with Crippen LogP contribution in [0.5, 0.6) is 0 Å². The van der Waals surface area contributed by atoms with Gasteiger partial charge in [-0.3, -0.25) is 9.48 Å². The molecule has 3 heterocycles. The fourth-order valence-electron chi connectivity index (χ4n) is 2.18. The van der Waals surface area contributed by atoms with Crippen molar-refractivity contribution in [3.05, 3.63) is 34.4 Å². The molecule has 0 amide bonds. The van der Waals surface area contributed by atoms with Crippen molar-refractivity contribution < 1.29 is 4.42 Å². The summed E-state index contributed by atoms with van der Waals surface area (Å²) in [7, 11) is 1.75. The van der Waals surface area contributed by atoms with E-state index in [2.05, 4.69) is 22.0 Å². The van der Waals surface area contributed by atoms with Crippen LogP contribution in [0.4, 0.5) is 0 Å². The van der Waals surface area contributed by atoms with Gasteiger partial charge in [0.25, 0.3) is 5.56 Å². The maximum atomic E-state index is 12.1. The Hall–Kier alpha value is -2.37. The number of furan rings is 1. The van der Waals surface area contributed by atoms with Crippen molar-refractivity contribution in [2.45, 2.75) is 19.8 Å². The second kappa shape index (κ2) is 4.38. The third-order valence-electron chi connectivity index (χ3n) is 3.00. The van der Waals surface area contributed by atoms with Gasteiger partial charge in [0.15, 0.2) is 17.1 Å². The van der Waals surface area contributed by atoms with Crippen LogP contribution in [0.1, 0.15) is 19.0 Å². The number of H-pyrrole nitrogens is 1. The maximum Gasteiger partial charge on any atom is 0.277 e. The van der Waals surface area contributed by atoms with Crippen molar-refractivity contribution in [3.8, 4) is 11.6 Å². The van der Waals surface area contributed by atoms with Crippen molar-refractivity contribution in [1.82, 2.24) is 19.7 Å². The lowest BCUT2D eigenvalue weighted by molar-refractivity contribution is 0.577. The van der Waals surface area contributed by atoms with E-state index in [1.54, 1.807) is 30.1 Å². The van der Waals surface area contributed by atoms with E-state index >= 15 is 0 Å². The van der Waals surface area contributed by atoms with Gasteiger partial charge in [-0.2, -0.15) is 5.10 Å². The zero-order valence-electron chi connectivity index (χ0n) is 10.8. The van der Waals surface area contributed by atoms with E-state index in [4.69, 9.17) is 4.42 Å². The first kappa shape index (κ1) is 11.7. The zero-order chi connectivity index (χ0) is 13.4. The van der Waals surface area contributed by atoms with Crippen LogP contribution in [0.15, 0.2) is 27.6 Å². The molecule has 19 heavy (non-hydrogen) atoms. The van der Waals surface area contributed by atoms with Gasteiger partial charge >= 0.3 is 0 Å². The molecule has 1 N–H and O–H groups in total. The standard InChI is InChI=1S/C13H14N4O2/c1-3-5-8-10-11(17(2)16-8)13(18)15-12(14-10)9-6-4-7-19-9/h4,6-7H,3,5H2,1-2H3,(H,14,15,18). The largest absolute Gasteiger partial charge is 0.461 e. The molecule has 0 fully saturated rings. The van der Waals surface area contributed by atoms with Gasteiger partial charge in [-0.05, 0) is 18.6 Å². The molecule has 98 valence electrons. The van der Waals surface area contributed by atoms with Crippen molar-refractivity contribution in [2.24, 2.45) is 7.05 Å². The number of rotatable bonds is 3. The van der Waals surface area contributed by atoms with Gasteiger partial charge in [0, 0.05) is 7.05 Å². The van der Waals surface area contributed by atoms with Gasteiger partial charge < -0.3 is 9.40 Å². The number of hydrogen-bond acceptors (Lipinski definition) is 4. The van der Waals surface area contributed by atoms with Gasteiger partial charge in [-0.1, -0.05) is 13.3 Å². The van der Waals surface area contributed by atoms with Crippen LogP contribution in [0, 0.1) is 0 Å². The monoisotopic (exact) mass is 258 g/mol. The molecule has 0 saturated heterocycles. The second-order valence-corrected chi connectivity index (χ2v) is 4.41. The zero-order valence-corrected chi connectivity index (χ0v) is 10.8. The van der Waals surface area contributed by atoms with Gasteiger partial charge in [-0.15, -0.1) is 0 Å². The minimum Gasteiger partial charge on any atom is -0.461 e. The Balaban J connectivity index is 2.29. The lowest BCUT2D eigenvalue weighted by Gasteiger charge is -1.98. The molecule has 0 aliphatic rings. The maximum absolute atomic E-state index is 12.1. The quantitative estimate of drug-likeness (QED) is 0.778. The van der Waals surface area contributed by atoms with E-state index < -0.39 is 0 Å². The van der Waals surface area contributed by atoms with Crippen molar-refractivity contribution in [1.29, 1.82) is 0 Å². The normalized spacial score (nSPS) is 11.3. The fourth-order valence-corrected chi connectivity index (χ4v) is 2.18. The molecule has 0 aliphatic carbocycles. The van der Waals surface area contributed by atoms with E-state index in [0.29, 0.717) is 22.6 Å². The second-order valence-electron chi connectivity index (χ2n) is 4.41. The third kappa shape index (κ3) is 1.85. The first-order chi connectivity index (χ1) is 9.20. The molecule has 3 rings (SSSR count). The summed E-state index contributed by atoms with van der Waals surface area (Å²) in [6.07, 6.45) is 3.30. The van der Waals surface area contributed by atoms with Crippen molar-refractivity contribution in [3.63, 3.8) is 0 Å². The Morgan fingerprint density at radius 1 is 1.47 bits per heavy atom. The van der Waals surface area contributed by atoms with Crippen LogP contribution in [0.25, 0.3) is 22.6 Å². The first-order valence-electron chi connectivity index (χ1n) is 6.20. The highest BCUT2D eigenvalue weighted by Crippen LogP contribution is 2.19. The first-order valence-corrected chi connectivity index (χ1v) is 6.20. The molecular formula is C13H14N4O2. The van der Waals surface area contributed by atoms with E-state index in [-0.39, 0.29) is 5.56 Å². The SMILES string of the molecule is CCCc1nn(C)c2c(=O)[nH]c(-c3ccco3)nc12. The van der Waals surface area contributed by atoms with Crippen molar-refractivity contribution >= 4 is 11.0 Å². The Kier molecular flexibility index (Phi) is 2.70. The minimum absolute atomic E-state index is 0.200. The molecule has 0 atom stereocenters. The predicted octanol–water partition coefficient (Wildman–Crippen LogP) is 1.87. The minimum atomic E-state index is -0.200. The predicted molar refractivity (Wildman–Crippen MR) is 70.8 cm³/mol. The molecule has 3 aromatic heterocycles. The molecule has 0 radical (unpaired) electrons. The summed E-state index contributed by atoms with van der Waals surface area (Å²) in [4.78, 5) is 19.3. The molecule has 0 saturated carbocycles. The van der Waals surface area contributed by atoms with Crippen molar-refractivity contribution in [2.75, 3.05) is 0 Å². The Morgan fingerprint density at radius 3 is 3.00 bits per heavy atom. The number of aromatic amines is 1. The highest BCUT2D eigenvalue weighted by Gasteiger charge is 2.15. The molecule has 0 unspecified atom stereocenters. The van der Waals surface area contributed by atoms with Crippen LogP contribution < -0.4 is 5.56 Å². The summed E-state index contributed by atoms with van der Waals surface area (Å²) >= 11 is 0. The van der Waals surface area contributed by atoms with Gasteiger partial charge in [-0.25, -0.2) is 4.98 Å². The number of hydrogen-bond donors (Lipinski definition) is 1. The van der Waals surface area contributed by atoms with Crippen LogP contribution in [0.3, 0.4) is 0 Å². The molecule has 0 bridgehead atoms. The van der Waals surface area contributed by atoms with Crippen LogP contribution >= 0.6 is 0 Å². The summed E-state index contributed by atoms with van der Waals surface area (Å²) in [5.74, 6) is 0.984. The topological polar surface area (TPSA) is 76.7 Å². The van der Waals surface area contributed by atoms with E-state index in [0.717, 1.165) is 18.5 Å². The molecule has 0 spiro atoms. The number of aromatic nitrogens is 4. The highest BCUT2D eigenvalue weighted by atomic mass is 16.3. The van der Waals surface area contributed by atoms with Crippen LogP contribution in [-0.4, -0.2) is 19.7 Å². The average molecular weight is 258 g/mol. The summed E-state index contributed by atoms with van der Waals surface area (Å²) in [6, 6.07) is 3.52. The van der Waals surface area contributed by atoms with E-state index in [9.17, 15) is 4.79 Å². The number of fused-ring (bicyclic) bond motifs is 1. The van der Waals surface area contributed by atoms with Crippen LogP contribution in [-0.2, 0) is 13.5 Å². The number of nitrogens with zero attached hydrogens (tertiary/aromatic N) is 3. The van der Waals surface area contributed by atoms with Gasteiger partial charge in [0.05, 0.1) is 12.0 Å². The Morgan fingerprint density at radius 2 is 2.32 bits per heavy atom. The summed E-state index contributed by atoms with van der Waals surface area (Å²) in [6.45, 7) is 2.07. The molecule has 3 aromatic rings. The Bertz CT molecular complexity index is 768. The molecular weight excluding hydrogens is 244 g/mol. The van der Waals surface area contributed by atoms with E-state index in [1.165, 1.54) is 0 Å². The smallest absolute Gasteiger partial charge is 0.277 e. The van der Waals surface area contributed by atoms with E-state index in [1.807, 2.05) is 0 Å². The summed E-state index contributed by atoms with van der Waals surface area (Å²) in [5.41, 5.74) is 1.80. The summed E-state index contributed by atoms with van der Waals surface area (Å²) in [5, 5.41) is 4.37. The summed E-state index contributed by atoms with van der Waals surface area (Å²) < 4.78 is 6.85. The Labute approximate surface area is 109 Å². The van der Waals surface area contributed by atoms with Gasteiger partial charge in [0.1, 0.15) is 5.52 Å².